The van der Waals surface area contributed by atoms with Gasteiger partial charge in [0.2, 0.25) is 0 Å². The monoisotopic (exact) mass is 714 g/mol. The zero-order valence-electron chi connectivity index (χ0n) is 22.8. The molecule has 0 fully saturated rings. The van der Waals surface area contributed by atoms with Crippen molar-refractivity contribution in [3.05, 3.63) is 56.5 Å². The molecule has 0 saturated heterocycles. The van der Waals surface area contributed by atoms with E-state index >= 15 is 0 Å². The molecule has 0 aliphatic carbocycles. The Kier molecular flexibility index (Phi) is 11.9. The number of nitrogens with zero attached hydrogens (tertiary/aromatic N) is 2. The maximum atomic E-state index is 11.9. The van der Waals surface area contributed by atoms with Gasteiger partial charge in [0, 0.05) is 31.8 Å². The number of amidine groups is 2. The van der Waals surface area contributed by atoms with Crippen molar-refractivity contribution in [1.82, 2.24) is 5.32 Å². The molecular formula is C28H40Br2N6O2S2. The van der Waals surface area contributed by atoms with Gasteiger partial charge in [-0.3, -0.25) is 15.3 Å². The number of nitrogens with two attached hydrogens (primary N) is 3. The quantitative estimate of drug-likeness (QED) is 0.235. The van der Waals surface area contributed by atoms with Gasteiger partial charge in [-0.25, -0.2) is 4.79 Å². The van der Waals surface area contributed by atoms with Gasteiger partial charge < -0.3 is 21.9 Å². The number of nitrogens with one attached hydrogen (secondary N) is 1. The van der Waals surface area contributed by atoms with E-state index in [0.29, 0.717) is 16.0 Å². The SMILES string of the molecule is C.CC(C)(C)OC(=O)NC1=NC(C)(c2cc(N)cc(Br)c2)CCS1.CC1(c2cc(N)cc(Br)c2)CCSC(N)=N1. The second-order valence-corrected chi connectivity index (χ2v) is 14.8. The van der Waals surface area contributed by atoms with Gasteiger partial charge in [-0.1, -0.05) is 62.8 Å². The lowest BCUT2D eigenvalue weighted by Crippen LogP contribution is -2.38. The van der Waals surface area contributed by atoms with Crippen LogP contribution < -0.4 is 22.5 Å². The van der Waals surface area contributed by atoms with Crippen molar-refractivity contribution in [3.63, 3.8) is 0 Å². The Morgan fingerprint density at radius 3 is 1.80 bits per heavy atom. The lowest BCUT2D eigenvalue weighted by Gasteiger charge is -2.31. The van der Waals surface area contributed by atoms with E-state index in [1.807, 2.05) is 58.0 Å². The first kappa shape index (κ1) is 34.3. The largest absolute Gasteiger partial charge is 0.444 e. The number of alkyl carbamates (subject to hydrolysis) is 1. The van der Waals surface area contributed by atoms with E-state index in [9.17, 15) is 4.79 Å². The smallest absolute Gasteiger partial charge is 0.413 e. The normalized spacial score (nSPS) is 22.5. The number of hydrogen-bond donors (Lipinski definition) is 4. The Balaban J connectivity index is 0.000000290. The minimum Gasteiger partial charge on any atom is -0.444 e. The van der Waals surface area contributed by atoms with E-state index in [1.165, 1.54) is 11.8 Å². The average molecular weight is 717 g/mol. The van der Waals surface area contributed by atoms with Gasteiger partial charge >= 0.3 is 6.09 Å². The zero-order chi connectivity index (χ0) is 29.0. The summed E-state index contributed by atoms with van der Waals surface area (Å²) in [4.78, 5) is 21.2. The molecule has 0 bridgehead atoms. The molecule has 2 aromatic rings. The van der Waals surface area contributed by atoms with E-state index in [2.05, 4.69) is 55.2 Å². The van der Waals surface area contributed by atoms with Crippen LogP contribution in [0.4, 0.5) is 16.2 Å². The number of hydrogen-bond acceptors (Lipinski definition) is 9. The number of anilines is 2. The molecule has 220 valence electrons. The summed E-state index contributed by atoms with van der Waals surface area (Å²) in [5.74, 6) is 1.86. The third-order valence-corrected chi connectivity index (χ3v) is 8.65. The number of amides is 1. The predicted molar refractivity (Wildman–Crippen MR) is 181 cm³/mol. The second-order valence-electron chi connectivity index (χ2n) is 10.8. The summed E-state index contributed by atoms with van der Waals surface area (Å²) in [6.45, 7) is 9.63. The van der Waals surface area contributed by atoms with E-state index < -0.39 is 17.2 Å². The van der Waals surface area contributed by atoms with Gasteiger partial charge in [0.25, 0.3) is 0 Å². The van der Waals surface area contributed by atoms with Gasteiger partial charge in [0.1, 0.15) is 5.60 Å². The minimum atomic E-state index is -0.536. The van der Waals surface area contributed by atoms with Crippen LogP contribution in [0, 0.1) is 0 Å². The number of ether oxygens (including phenoxy) is 1. The lowest BCUT2D eigenvalue weighted by atomic mass is 9.89. The molecule has 2 heterocycles. The minimum absolute atomic E-state index is 0. The molecule has 8 nitrogen and oxygen atoms in total. The highest BCUT2D eigenvalue weighted by atomic mass is 79.9. The number of nitrogen functional groups attached to an aromatic ring is 2. The molecule has 0 spiro atoms. The first-order chi connectivity index (χ1) is 18.1. The van der Waals surface area contributed by atoms with E-state index in [1.54, 1.807) is 11.8 Å². The van der Waals surface area contributed by atoms with Gasteiger partial charge in [0.15, 0.2) is 10.3 Å². The summed E-state index contributed by atoms with van der Waals surface area (Å²) in [5, 5.41) is 3.97. The van der Waals surface area contributed by atoms with Crippen LogP contribution in [-0.2, 0) is 15.8 Å². The van der Waals surface area contributed by atoms with Crippen LogP contribution in [-0.4, -0.2) is 33.5 Å². The zero-order valence-corrected chi connectivity index (χ0v) is 27.6. The average Bonchev–Trinajstić information content (AvgIpc) is 2.77. The molecule has 0 radical (unpaired) electrons. The molecule has 2 unspecified atom stereocenters. The summed E-state index contributed by atoms with van der Waals surface area (Å²) in [7, 11) is 0. The number of carbonyl (C=O) groups excluding carboxylic acids is 1. The van der Waals surface area contributed by atoms with Crippen LogP contribution in [0.2, 0.25) is 0 Å². The van der Waals surface area contributed by atoms with Crippen LogP contribution in [0.3, 0.4) is 0 Å². The van der Waals surface area contributed by atoms with Crippen molar-refractivity contribution in [3.8, 4) is 0 Å². The summed E-state index contributed by atoms with van der Waals surface area (Å²) in [6, 6.07) is 11.7. The third-order valence-electron chi connectivity index (χ3n) is 6.06. The van der Waals surface area contributed by atoms with Crippen molar-refractivity contribution >= 4 is 83.2 Å². The molecule has 2 atom stereocenters. The first-order valence-electron chi connectivity index (χ1n) is 12.4. The molecule has 2 aliphatic heterocycles. The molecule has 2 aliphatic rings. The van der Waals surface area contributed by atoms with Crippen LogP contribution in [0.1, 0.15) is 66.0 Å². The van der Waals surface area contributed by atoms with Crippen molar-refractivity contribution in [1.29, 1.82) is 0 Å². The van der Waals surface area contributed by atoms with Crippen LogP contribution >= 0.6 is 55.4 Å². The fraction of sp³-hybridized carbons (Fsp3) is 0.464. The number of thioether (sulfide) groups is 2. The number of aliphatic imine (C=N–C) groups is 2. The topological polar surface area (TPSA) is 141 Å². The molecule has 2 aromatic carbocycles. The molecule has 12 heteroatoms. The van der Waals surface area contributed by atoms with E-state index in [-0.39, 0.29) is 13.0 Å². The summed E-state index contributed by atoms with van der Waals surface area (Å²) < 4.78 is 7.18. The van der Waals surface area contributed by atoms with Gasteiger partial charge in [0.05, 0.1) is 11.1 Å². The van der Waals surface area contributed by atoms with Gasteiger partial charge in [-0.15, -0.1) is 0 Å². The lowest BCUT2D eigenvalue weighted by molar-refractivity contribution is 0.0564. The standard InChI is InChI=1S/C16H22BrN3O2S.C11H14BrN3S.CH4/c1-15(2,3)22-14(21)19-13-20-16(4,5-6-23-13)10-7-11(17)9-12(18)8-10;1-11(2-3-16-10(14)15-11)7-4-8(12)6-9(13)5-7;/h7-9H,5-6,18H2,1-4H3,(H,19,20,21);4-6H,2-3,13H2,1H3,(H2,14,15);1H4. The molecule has 7 N–H and O–H groups in total. The molecule has 40 heavy (non-hydrogen) atoms. The van der Waals surface area contributed by atoms with Crippen molar-refractivity contribution < 1.29 is 9.53 Å². The van der Waals surface area contributed by atoms with Crippen LogP contribution in [0.5, 0.6) is 0 Å². The molecule has 0 saturated carbocycles. The highest BCUT2D eigenvalue weighted by molar-refractivity contribution is 9.10. The predicted octanol–water partition coefficient (Wildman–Crippen LogP) is 7.60. The van der Waals surface area contributed by atoms with Crippen LogP contribution in [0.15, 0.2) is 55.3 Å². The number of rotatable bonds is 2. The summed E-state index contributed by atoms with van der Waals surface area (Å²) >= 11 is 10.0. The maximum Gasteiger partial charge on any atom is 0.413 e. The highest BCUT2D eigenvalue weighted by Crippen LogP contribution is 2.38. The first-order valence-corrected chi connectivity index (χ1v) is 16.0. The second kappa shape index (κ2) is 13.8. The van der Waals surface area contributed by atoms with Gasteiger partial charge in [-0.2, -0.15) is 0 Å². The molecule has 4 rings (SSSR count). The Morgan fingerprint density at radius 1 is 0.875 bits per heavy atom. The number of carbonyl (C=O) groups is 1. The van der Waals surface area contributed by atoms with E-state index in [4.69, 9.17) is 26.9 Å². The fourth-order valence-corrected chi connectivity index (χ4v) is 7.17. The van der Waals surface area contributed by atoms with Gasteiger partial charge in [-0.05, 0) is 95.0 Å². The molecule has 0 aromatic heterocycles. The summed E-state index contributed by atoms with van der Waals surface area (Å²) in [5.41, 5.74) is 19.9. The summed E-state index contributed by atoms with van der Waals surface area (Å²) in [6.07, 6.45) is 1.36. The Hall–Kier alpha value is -1.89. The van der Waals surface area contributed by atoms with Crippen molar-refractivity contribution in [2.75, 3.05) is 23.0 Å². The fourth-order valence-electron chi connectivity index (χ4n) is 4.06. The van der Waals surface area contributed by atoms with Crippen molar-refractivity contribution in [2.24, 2.45) is 15.7 Å². The van der Waals surface area contributed by atoms with Crippen LogP contribution in [0.25, 0.3) is 0 Å². The van der Waals surface area contributed by atoms with E-state index in [0.717, 1.165) is 50.1 Å². The molecular weight excluding hydrogens is 676 g/mol. The molecule has 1 amide bonds. The highest BCUT2D eigenvalue weighted by Gasteiger charge is 2.32. The Labute approximate surface area is 263 Å². The number of halogens is 2. The number of benzene rings is 2. The van der Waals surface area contributed by atoms with Crippen molar-refractivity contribution in [2.45, 2.75) is 71.6 Å². The maximum absolute atomic E-state index is 11.9. The Bertz CT molecular complexity index is 1240. The Morgan fingerprint density at radius 2 is 1.35 bits per heavy atom. The third kappa shape index (κ3) is 9.88.